The zero-order valence-corrected chi connectivity index (χ0v) is 17.0. The number of nitrogens with two attached hydrogens (primary N) is 1. The van der Waals surface area contributed by atoms with Crippen LogP contribution in [0.3, 0.4) is 0 Å². The number of hydrogen-bond acceptors (Lipinski definition) is 5. The van der Waals surface area contributed by atoms with Crippen LogP contribution in [0.4, 0.5) is 0 Å². The van der Waals surface area contributed by atoms with Crippen LogP contribution in [0.5, 0.6) is 11.5 Å². The van der Waals surface area contributed by atoms with E-state index in [1.165, 1.54) is 0 Å². The van der Waals surface area contributed by atoms with E-state index in [2.05, 4.69) is 16.3 Å². The highest BCUT2D eigenvalue weighted by molar-refractivity contribution is 5.79. The van der Waals surface area contributed by atoms with Crippen molar-refractivity contribution in [3.63, 3.8) is 0 Å². The molecule has 1 saturated heterocycles. The SMILES string of the molecule is NC(=O)CC1CCCCN1CC(=O)NC1(c2ccc3c(c2)OCCO3)CCCC1. The van der Waals surface area contributed by atoms with Crippen LogP contribution < -0.4 is 20.5 Å². The predicted molar refractivity (Wildman–Crippen MR) is 109 cm³/mol. The standard InChI is InChI=1S/C22H31N3O4/c23-20(26)14-17-5-1-4-10-25(17)15-21(27)24-22(8-2-3-9-22)16-6-7-18-19(13-16)29-12-11-28-18/h6-7,13,17H,1-5,8-12,14-15H2,(H2,23,26)(H,24,27). The highest BCUT2D eigenvalue weighted by Gasteiger charge is 2.38. The van der Waals surface area contributed by atoms with Crippen molar-refractivity contribution in [2.45, 2.75) is 62.9 Å². The molecule has 3 N–H and O–H groups in total. The minimum absolute atomic E-state index is 0.0122. The Labute approximate surface area is 171 Å². The van der Waals surface area contributed by atoms with Gasteiger partial charge in [-0.3, -0.25) is 14.5 Å². The molecule has 7 nitrogen and oxygen atoms in total. The molecule has 7 heteroatoms. The summed E-state index contributed by atoms with van der Waals surface area (Å²) in [6, 6.07) is 6.09. The number of primary amides is 1. The van der Waals surface area contributed by atoms with Crippen LogP contribution in [0.25, 0.3) is 0 Å². The van der Waals surface area contributed by atoms with Gasteiger partial charge in [0.15, 0.2) is 11.5 Å². The lowest BCUT2D eigenvalue weighted by Crippen LogP contribution is -2.51. The zero-order valence-electron chi connectivity index (χ0n) is 17.0. The van der Waals surface area contributed by atoms with Gasteiger partial charge in [0.05, 0.1) is 12.1 Å². The van der Waals surface area contributed by atoms with E-state index in [1.54, 1.807) is 0 Å². The fraction of sp³-hybridized carbons (Fsp3) is 0.636. The zero-order chi connectivity index (χ0) is 20.3. The van der Waals surface area contributed by atoms with Crippen LogP contribution >= 0.6 is 0 Å². The third-order valence-electron chi connectivity index (χ3n) is 6.46. The Kier molecular flexibility index (Phi) is 5.94. The molecular formula is C22H31N3O4. The van der Waals surface area contributed by atoms with Crippen LogP contribution in [0, 0.1) is 0 Å². The molecule has 1 saturated carbocycles. The lowest BCUT2D eigenvalue weighted by Gasteiger charge is -2.37. The van der Waals surface area contributed by atoms with Crippen LogP contribution in [0.1, 0.15) is 56.9 Å². The first-order chi connectivity index (χ1) is 14.1. The molecule has 0 radical (unpaired) electrons. The summed E-state index contributed by atoms with van der Waals surface area (Å²) >= 11 is 0. The Hall–Kier alpha value is -2.28. The Morgan fingerprint density at radius 3 is 2.62 bits per heavy atom. The molecule has 0 bridgehead atoms. The molecule has 1 unspecified atom stereocenters. The monoisotopic (exact) mass is 401 g/mol. The molecule has 1 atom stereocenters. The number of piperidine rings is 1. The van der Waals surface area contributed by atoms with Crippen molar-refractivity contribution in [3.05, 3.63) is 23.8 Å². The molecule has 1 aromatic rings. The first kappa shape index (κ1) is 20.0. The summed E-state index contributed by atoms with van der Waals surface area (Å²) < 4.78 is 11.4. The van der Waals surface area contributed by atoms with Crippen molar-refractivity contribution in [2.75, 3.05) is 26.3 Å². The molecular weight excluding hydrogens is 370 g/mol. The summed E-state index contributed by atoms with van der Waals surface area (Å²) in [5.41, 5.74) is 6.14. The van der Waals surface area contributed by atoms with Crippen molar-refractivity contribution < 1.29 is 19.1 Å². The summed E-state index contributed by atoms with van der Waals surface area (Å²) in [7, 11) is 0. The van der Waals surface area contributed by atoms with Crippen molar-refractivity contribution in [3.8, 4) is 11.5 Å². The average molecular weight is 402 g/mol. The van der Waals surface area contributed by atoms with Gasteiger partial charge in [0, 0.05) is 12.5 Å². The third kappa shape index (κ3) is 4.50. The largest absolute Gasteiger partial charge is 0.486 e. The van der Waals surface area contributed by atoms with Gasteiger partial charge < -0.3 is 20.5 Å². The third-order valence-corrected chi connectivity index (χ3v) is 6.46. The van der Waals surface area contributed by atoms with Crippen LogP contribution in [-0.2, 0) is 15.1 Å². The first-order valence-electron chi connectivity index (χ1n) is 10.8. The van der Waals surface area contributed by atoms with E-state index < -0.39 is 0 Å². The Morgan fingerprint density at radius 1 is 1.10 bits per heavy atom. The molecule has 3 aliphatic rings. The maximum absolute atomic E-state index is 13.0. The summed E-state index contributed by atoms with van der Waals surface area (Å²) in [6.45, 7) is 2.26. The highest BCUT2D eigenvalue weighted by Crippen LogP contribution is 2.42. The van der Waals surface area contributed by atoms with Crippen molar-refractivity contribution >= 4 is 11.8 Å². The number of carbonyl (C=O) groups is 2. The molecule has 2 amide bonds. The minimum atomic E-state index is -0.359. The minimum Gasteiger partial charge on any atom is -0.486 e. The van der Waals surface area contributed by atoms with Gasteiger partial charge in [-0.25, -0.2) is 0 Å². The Bertz CT molecular complexity index is 760. The number of likely N-dealkylation sites (tertiary alicyclic amines) is 1. The average Bonchev–Trinajstić information content (AvgIpc) is 3.18. The van der Waals surface area contributed by atoms with Gasteiger partial charge in [0.1, 0.15) is 13.2 Å². The summed E-state index contributed by atoms with van der Waals surface area (Å²) in [5, 5.41) is 3.34. The van der Waals surface area contributed by atoms with Crippen LogP contribution in [0.2, 0.25) is 0 Å². The molecule has 158 valence electrons. The number of benzene rings is 1. The highest BCUT2D eigenvalue weighted by atomic mass is 16.6. The van der Waals surface area contributed by atoms with E-state index in [0.29, 0.717) is 26.2 Å². The van der Waals surface area contributed by atoms with E-state index in [1.807, 2.05) is 12.1 Å². The lowest BCUT2D eigenvalue weighted by molar-refractivity contribution is -0.127. The molecule has 0 spiro atoms. The number of hydrogen-bond donors (Lipinski definition) is 2. The van der Waals surface area contributed by atoms with Crippen molar-refractivity contribution in [1.82, 2.24) is 10.2 Å². The normalized spacial score (nSPS) is 23.5. The van der Waals surface area contributed by atoms with Gasteiger partial charge in [0.25, 0.3) is 0 Å². The quantitative estimate of drug-likeness (QED) is 0.761. The number of ether oxygens (including phenoxy) is 2. The van der Waals surface area contributed by atoms with Crippen molar-refractivity contribution in [2.24, 2.45) is 5.73 Å². The number of fused-ring (bicyclic) bond motifs is 1. The summed E-state index contributed by atoms with van der Waals surface area (Å²) in [4.78, 5) is 26.6. The second-order valence-electron chi connectivity index (χ2n) is 8.49. The Morgan fingerprint density at radius 2 is 1.86 bits per heavy atom. The summed E-state index contributed by atoms with van der Waals surface area (Å²) in [5.74, 6) is 1.23. The fourth-order valence-electron chi connectivity index (χ4n) is 5.03. The maximum atomic E-state index is 13.0. The molecule has 1 aliphatic carbocycles. The second-order valence-corrected chi connectivity index (χ2v) is 8.49. The summed E-state index contributed by atoms with van der Waals surface area (Å²) in [6.07, 6.45) is 7.38. The molecule has 2 aliphatic heterocycles. The fourth-order valence-corrected chi connectivity index (χ4v) is 5.03. The number of rotatable bonds is 6. The van der Waals surface area contributed by atoms with Crippen LogP contribution in [-0.4, -0.2) is 49.1 Å². The molecule has 29 heavy (non-hydrogen) atoms. The molecule has 0 aromatic heterocycles. The van der Waals surface area contributed by atoms with E-state index in [9.17, 15) is 9.59 Å². The molecule has 2 fully saturated rings. The van der Waals surface area contributed by atoms with Crippen molar-refractivity contribution in [1.29, 1.82) is 0 Å². The number of carbonyl (C=O) groups excluding carboxylic acids is 2. The molecule has 1 aromatic carbocycles. The van der Waals surface area contributed by atoms with Gasteiger partial charge in [-0.1, -0.05) is 25.3 Å². The smallest absolute Gasteiger partial charge is 0.234 e. The molecule has 2 heterocycles. The molecule has 4 rings (SSSR count). The Balaban J connectivity index is 1.48. The topological polar surface area (TPSA) is 93.9 Å². The predicted octanol–water partition coefficient (Wildman–Crippen LogP) is 2.07. The van der Waals surface area contributed by atoms with Gasteiger partial charge in [-0.2, -0.15) is 0 Å². The van der Waals surface area contributed by atoms with Gasteiger partial charge in [-0.15, -0.1) is 0 Å². The first-order valence-corrected chi connectivity index (χ1v) is 10.8. The van der Waals surface area contributed by atoms with Crippen LogP contribution in [0.15, 0.2) is 18.2 Å². The van der Waals surface area contributed by atoms with E-state index in [0.717, 1.165) is 68.6 Å². The maximum Gasteiger partial charge on any atom is 0.234 e. The van der Waals surface area contributed by atoms with Gasteiger partial charge >= 0.3 is 0 Å². The van der Waals surface area contributed by atoms with E-state index in [4.69, 9.17) is 15.2 Å². The van der Waals surface area contributed by atoms with Gasteiger partial charge in [0.2, 0.25) is 11.8 Å². The van der Waals surface area contributed by atoms with E-state index in [-0.39, 0.29) is 23.4 Å². The van der Waals surface area contributed by atoms with E-state index >= 15 is 0 Å². The number of nitrogens with one attached hydrogen (secondary N) is 1. The lowest BCUT2D eigenvalue weighted by atomic mass is 9.87. The van der Waals surface area contributed by atoms with Gasteiger partial charge in [-0.05, 0) is 49.9 Å². The number of amides is 2. The second kappa shape index (κ2) is 8.61. The number of nitrogens with zero attached hydrogens (tertiary/aromatic N) is 1.